The van der Waals surface area contributed by atoms with Crippen LogP contribution in [0.25, 0.3) is 0 Å². The van der Waals surface area contributed by atoms with Gasteiger partial charge in [-0.15, -0.1) is 0 Å². The van der Waals surface area contributed by atoms with Crippen LogP contribution >= 0.6 is 0 Å². The lowest BCUT2D eigenvalue weighted by Gasteiger charge is -2.23. The minimum Gasteiger partial charge on any atom is -0.333 e. The average molecular weight is 360 g/mol. The highest BCUT2D eigenvalue weighted by Gasteiger charge is 2.32. The molecular formula is C17H14F6N2. The van der Waals surface area contributed by atoms with Crippen molar-refractivity contribution in [2.24, 2.45) is 12.0 Å². The molecule has 0 amide bonds. The molecule has 0 N–H and O–H groups in total. The number of hydrogen-bond donors (Lipinski definition) is 0. The van der Waals surface area contributed by atoms with Crippen LogP contribution in [-0.2, 0) is 19.6 Å². The monoisotopic (exact) mass is 360 g/mol. The molecule has 2 aromatic rings. The zero-order chi connectivity index (χ0) is 18.4. The lowest BCUT2D eigenvalue weighted by Crippen LogP contribution is -2.26. The zero-order valence-corrected chi connectivity index (χ0v) is 13.2. The van der Waals surface area contributed by atoms with Gasteiger partial charge in [-0.2, -0.15) is 13.2 Å². The van der Waals surface area contributed by atoms with Gasteiger partial charge in [0.05, 0.1) is 11.6 Å². The second kappa shape index (κ2) is 6.24. The molecule has 1 aliphatic carbocycles. The summed E-state index contributed by atoms with van der Waals surface area (Å²) in [7, 11) is 1.26. The van der Waals surface area contributed by atoms with Gasteiger partial charge in [0, 0.05) is 13.2 Å². The van der Waals surface area contributed by atoms with Crippen LogP contribution in [0.2, 0.25) is 0 Å². The SMILES string of the molecule is Cn1cc(C(F)(F)F)cc(F)/c1=N/C1CCCc2c1ccc(F)c2F. The number of aromatic nitrogens is 1. The van der Waals surface area contributed by atoms with Gasteiger partial charge in [-0.1, -0.05) is 6.07 Å². The molecule has 25 heavy (non-hydrogen) atoms. The van der Waals surface area contributed by atoms with Gasteiger partial charge in [0.2, 0.25) is 0 Å². The van der Waals surface area contributed by atoms with E-state index in [2.05, 4.69) is 4.99 Å². The Morgan fingerprint density at radius 3 is 2.48 bits per heavy atom. The third-order valence-electron chi connectivity index (χ3n) is 4.26. The topological polar surface area (TPSA) is 17.3 Å². The first-order valence-electron chi connectivity index (χ1n) is 7.62. The molecular weight excluding hydrogens is 346 g/mol. The molecule has 1 aromatic heterocycles. The number of aryl methyl sites for hydroxylation is 1. The molecule has 1 heterocycles. The van der Waals surface area contributed by atoms with Crippen molar-refractivity contribution in [1.29, 1.82) is 0 Å². The summed E-state index contributed by atoms with van der Waals surface area (Å²) in [6.45, 7) is 0. The third kappa shape index (κ3) is 3.29. The molecule has 1 aliphatic rings. The van der Waals surface area contributed by atoms with Crippen LogP contribution in [-0.4, -0.2) is 4.57 Å². The second-order valence-corrected chi connectivity index (χ2v) is 5.98. The maximum absolute atomic E-state index is 14.2. The van der Waals surface area contributed by atoms with E-state index in [4.69, 9.17) is 0 Å². The van der Waals surface area contributed by atoms with E-state index in [0.29, 0.717) is 30.9 Å². The fourth-order valence-corrected chi connectivity index (χ4v) is 3.07. The van der Waals surface area contributed by atoms with Crippen LogP contribution in [0.1, 0.15) is 35.6 Å². The molecule has 1 aromatic carbocycles. The lowest BCUT2D eigenvalue weighted by atomic mass is 9.87. The molecule has 0 radical (unpaired) electrons. The minimum absolute atomic E-state index is 0.190. The summed E-state index contributed by atoms with van der Waals surface area (Å²) in [5, 5.41) is 0. The summed E-state index contributed by atoms with van der Waals surface area (Å²) < 4.78 is 80.6. The average Bonchev–Trinajstić information content (AvgIpc) is 2.53. The van der Waals surface area contributed by atoms with Crippen molar-refractivity contribution in [3.63, 3.8) is 0 Å². The van der Waals surface area contributed by atoms with Gasteiger partial charge in [0.25, 0.3) is 0 Å². The van der Waals surface area contributed by atoms with Crippen LogP contribution in [0.4, 0.5) is 26.3 Å². The number of nitrogens with zero attached hydrogens (tertiary/aromatic N) is 2. The van der Waals surface area contributed by atoms with E-state index in [0.717, 1.165) is 16.8 Å². The van der Waals surface area contributed by atoms with Crippen molar-refractivity contribution in [3.8, 4) is 0 Å². The normalized spacial score (nSPS) is 18.4. The molecule has 0 spiro atoms. The highest BCUT2D eigenvalue weighted by atomic mass is 19.4. The quantitative estimate of drug-likeness (QED) is 0.669. The first-order chi connectivity index (χ1) is 11.7. The second-order valence-electron chi connectivity index (χ2n) is 5.98. The van der Waals surface area contributed by atoms with Gasteiger partial charge in [0.1, 0.15) is 0 Å². The van der Waals surface area contributed by atoms with Gasteiger partial charge in [-0.05, 0) is 42.5 Å². The number of halogens is 6. The first-order valence-corrected chi connectivity index (χ1v) is 7.62. The maximum Gasteiger partial charge on any atom is 0.417 e. The summed E-state index contributed by atoms with van der Waals surface area (Å²) in [4.78, 5) is 4.18. The Bertz CT molecular complexity index is 856. The molecule has 0 aliphatic heterocycles. The van der Waals surface area contributed by atoms with Gasteiger partial charge >= 0.3 is 6.18 Å². The molecule has 2 nitrogen and oxygen atoms in total. The van der Waals surface area contributed by atoms with Gasteiger partial charge in [-0.3, -0.25) is 4.99 Å². The third-order valence-corrected chi connectivity index (χ3v) is 4.26. The van der Waals surface area contributed by atoms with E-state index in [1.165, 1.54) is 13.1 Å². The summed E-state index contributed by atoms with van der Waals surface area (Å²) in [6, 6.07) is 2.11. The fraction of sp³-hybridized carbons (Fsp3) is 0.353. The van der Waals surface area contributed by atoms with E-state index < -0.39 is 35.2 Å². The van der Waals surface area contributed by atoms with Gasteiger partial charge in [0.15, 0.2) is 22.9 Å². The Hall–Kier alpha value is -2.25. The van der Waals surface area contributed by atoms with Crippen molar-refractivity contribution in [2.45, 2.75) is 31.5 Å². The van der Waals surface area contributed by atoms with E-state index in [1.54, 1.807) is 0 Å². The number of rotatable bonds is 1. The largest absolute Gasteiger partial charge is 0.417 e. The zero-order valence-electron chi connectivity index (χ0n) is 13.2. The summed E-state index contributed by atoms with van der Waals surface area (Å²) >= 11 is 0. The van der Waals surface area contributed by atoms with Crippen molar-refractivity contribution < 1.29 is 26.3 Å². The molecule has 0 saturated heterocycles. The molecule has 1 atom stereocenters. The van der Waals surface area contributed by atoms with Crippen LogP contribution in [0.15, 0.2) is 29.4 Å². The number of hydrogen-bond acceptors (Lipinski definition) is 1. The van der Waals surface area contributed by atoms with E-state index in [-0.39, 0.29) is 11.1 Å². The Morgan fingerprint density at radius 2 is 1.84 bits per heavy atom. The molecule has 8 heteroatoms. The van der Waals surface area contributed by atoms with Crippen molar-refractivity contribution in [3.05, 3.63) is 64.0 Å². The van der Waals surface area contributed by atoms with Crippen LogP contribution in [0.3, 0.4) is 0 Å². The first kappa shape index (κ1) is 17.6. The van der Waals surface area contributed by atoms with Gasteiger partial charge < -0.3 is 4.57 Å². The predicted molar refractivity (Wildman–Crippen MR) is 78.0 cm³/mol. The number of fused-ring (bicyclic) bond motifs is 1. The Morgan fingerprint density at radius 1 is 1.12 bits per heavy atom. The Labute approximate surface area is 139 Å². The van der Waals surface area contributed by atoms with E-state index in [1.807, 2.05) is 0 Å². The Balaban J connectivity index is 2.11. The predicted octanol–water partition coefficient (Wildman–Crippen LogP) is 4.44. The van der Waals surface area contributed by atoms with E-state index in [9.17, 15) is 26.3 Å². The molecule has 1 unspecified atom stereocenters. The number of alkyl halides is 3. The van der Waals surface area contributed by atoms with Crippen molar-refractivity contribution in [1.82, 2.24) is 4.57 Å². The van der Waals surface area contributed by atoms with Crippen LogP contribution in [0.5, 0.6) is 0 Å². The number of benzene rings is 1. The highest BCUT2D eigenvalue weighted by molar-refractivity contribution is 5.34. The van der Waals surface area contributed by atoms with Crippen molar-refractivity contribution in [2.75, 3.05) is 0 Å². The molecule has 0 bridgehead atoms. The summed E-state index contributed by atoms with van der Waals surface area (Å²) in [5.74, 6) is -3.03. The van der Waals surface area contributed by atoms with Gasteiger partial charge in [-0.25, -0.2) is 13.2 Å². The molecule has 0 saturated carbocycles. The van der Waals surface area contributed by atoms with E-state index >= 15 is 0 Å². The Kier molecular flexibility index (Phi) is 4.38. The molecule has 3 rings (SSSR count). The maximum atomic E-state index is 14.2. The van der Waals surface area contributed by atoms with Crippen LogP contribution < -0.4 is 5.49 Å². The lowest BCUT2D eigenvalue weighted by molar-refractivity contribution is -0.138. The smallest absolute Gasteiger partial charge is 0.333 e. The standard InChI is InChI=1S/C17H14F6N2/c1-25-8-9(17(21,22)23)7-13(19)16(25)24-14-4-2-3-11-10(14)5-6-12(18)15(11)20/h5-8,14H,2-4H2,1H3/b24-16-. The number of pyridine rings is 1. The summed E-state index contributed by atoms with van der Waals surface area (Å²) in [5.41, 5.74) is -0.765. The molecule has 134 valence electrons. The highest BCUT2D eigenvalue weighted by Crippen LogP contribution is 2.34. The summed E-state index contributed by atoms with van der Waals surface area (Å²) in [6.07, 6.45) is -2.59. The van der Waals surface area contributed by atoms with Crippen LogP contribution in [0, 0.1) is 17.5 Å². The molecule has 0 fully saturated rings. The minimum atomic E-state index is -4.67. The van der Waals surface area contributed by atoms with Crippen molar-refractivity contribution >= 4 is 0 Å². The fourth-order valence-electron chi connectivity index (χ4n) is 3.07.